The summed E-state index contributed by atoms with van der Waals surface area (Å²) in [6.07, 6.45) is 0.815. The van der Waals surface area contributed by atoms with Gasteiger partial charge in [0.05, 0.1) is 18.7 Å². The van der Waals surface area contributed by atoms with Gasteiger partial charge in [-0.2, -0.15) is 0 Å². The van der Waals surface area contributed by atoms with Crippen LogP contribution in [0.25, 0.3) is 0 Å². The fourth-order valence-electron chi connectivity index (χ4n) is 2.39. The Bertz CT molecular complexity index is 507. The predicted octanol–water partition coefficient (Wildman–Crippen LogP) is 2.02. The van der Waals surface area contributed by atoms with Gasteiger partial charge in [-0.1, -0.05) is 29.8 Å². The molecule has 2 rings (SSSR count). The first-order chi connectivity index (χ1) is 9.90. The van der Waals surface area contributed by atoms with Crippen molar-refractivity contribution in [3.63, 3.8) is 0 Å². The second-order valence-corrected chi connectivity index (χ2v) is 5.96. The van der Waals surface area contributed by atoms with Crippen molar-refractivity contribution in [3.05, 3.63) is 34.9 Å². The quantitative estimate of drug-likeness (QED) is 0.796. The summed E-state index contributed by atoms with van der Waals surface area (Å²) < 4.78 is 5.39. The molecule has 2 amide bonds. The molecule has 3 atom stereocenters. The van der Waals surface area contributed by atoms with E-state index in [2.05, 4.69) is 10.6 Å². The number of nitrogens with one attached hydrogen (secondary N) is 2. The maximum atomic E-state index is 11.9. The third kappa shape index (κ3) is 4.09. The zero-order valence-electron chi connectivity index (χ0n) is 12.2. The van der Waals surface area contributed by atoms with Crippen molar-refractivity contribution in [1.82, 2.24) is 10.6 Å². The minimum absolute atomic E-state index is 0.00950. The molecule has 116 valence electrons. The van der Waals surface area contributed by atoms with Gasteiger partial charge >= 0.3 is 6.03 Å². The van der Waals surface area contributed by atoms with Gasteiger partial charge in [0.25, 0.3) is 0 Å². The lowest BCUT2D eigenvalue weighted by atomic mass is 9.96. The topological polar surface area (TPSA) is 70.6 Å². The van der Waals surface area contributed by atoms with E-state index in [1.807, 2.05) is 6.92 Å². The summed E-state index contributed by atoms with van der Waals surface area (Å²) in [6.45, 7) is 4.28. The van der Waals surface area contributed by atoms with E-state index in [-0.39, 0.29) is 24.7 Å². The second-order valence-electron chi connectivity index (χ2n) is 5.55. The molecule has 0 aromatic heterocycles. The lowest BCUT2D eigenvalue weighted by Gasteiger charge is -2.26. The number of carbonyl (C=O) groups is 1. The molecule has 1 aromatic carbocycles. The van der Waals surface area contributed by atoms with E-state index in [0.717, 1.165) is 6.42 Å². The molecule has 0 radical (unpaired) electrons. The molecule has 0 bridgehead atoms. The predicted molar refractivity (Wildman–Crippen MR) is 81.4 cm³/mol. The highest BCUT2D eigenvalue weighted by molar-refractivity contribution is 6.31. The molecule has 1 aromatic rings. The zero-order chi connectivity index (χ0) is 15.5. The molecular formula is C15H21ClN2O3. The Morgan fingerprint density at radius 2 is 2.24 bits per heavy atom. The fourth-order valence-corrected chi connectivity index (χ4v) is 2.73. The average Bonchev–Trinajstić information content (AvgIpc) is 2.82. The first-order valence-corrected chi connectivity index (χ1v) is 7.41. The average molecular weight is 313 g/mol. The molecule has 1 aliphatic rings. The van der Waals surface area contributed by atoms with Crippen LogP contribution in [-0.2, 0) is 10.3 Å². The Labute approximate surface area is 129 Å². The van der Waals surface area contributed by atoms with E-state index >= 15 is 0 Å². The van der Waals surface area contributed by atoms with Gasteiger partial charge in [-0.3, -0.25) is 0 Å². The number of ether oxygens (including phenoxy) is 1. The second kappa shape index (κ2) is 6.64. The van der Waals surface area contributed by atoms with Crippen LogP contribution in [0.1, 0.15) is 25.8 Å². The first kappa shape index (κ1) is 16.1. The van der Waals surface area contributed by atoms with Crippen LogP contribution in [0.2, 0.25) is 5.02 Å². The van der Waals surface area contributed by atoms with Crippen molar-refractivity contribution < 1.29 is 14.6 Å². The van der Waals surface area contributed by atoms with Crippen molar-refractivity contribution in [3.8, 4) is 0 Å². The summed E-state index contributed by atoms with van der Waals surface area (Å²) in [5.41, 5.74) is -0.641. The molecule has 1 aliphatic heterocycles. The van der Waals surface area contributed by atoms with Gasteiger partial charge in [-0.05, 0) is 26.3 Å². The smallest absolute Gasteiger partial charge is 0.315 e. The van der Waals surface area contributed by atoms with Crippen LogP contribution in [0.4, 0.5) is 4.79 Å². The SMILES string of the molecule is C[C@@H]1OCC[C@H]1NC(=O)NC[C@@](C)(O)c1ccccc1Cl. The van der Waals surface area contributed by atoms with Crippen LogP contribution in [0.15, 0.2) is 24.3 Å². The number of halogens is 1. The van der Waals surface area contributed by atoms with Gasteiger partial charge in [0.15, 0.2) is 0 Å². The Balaban J connectivity index is 1.89. The highest BCUT2D eigenvalue weighted by Crippen LogP contribution is 2.27. The van der Waals surface area contributed by atoms with E-state index in [9.17, 15) is 9.90 Å². The number of carbonyl (C=O) groups excluding carboxylic acids is 1. The lowest BCUT2D eigenvalue weighted by molar-refractivity contribution is 0.0591. The summed E-state index contributed by atoms with van der Waals surface area (Å²) >= 11 is 6.08. The van der Waals surface area contributed by atoms with Crippen LogP contribution in [0, 0.1) is 0 Å². The van der Waals surface area contributed by atoms with Crippen LogP contribution >= 0.6 is 11.6 Å². The molecule has 5 nitrogen and oxygen atoms in total. The van der Waals surface area contributed by atoms with Crippen LogP contribution < -0.4 is 10.6 Å². The van der Waals surface area contributed by atoms with Crippen molar-refractivity contribution >= 4 is 17.6 Å². The normalized spacial score (nSPS) is 24.4. The number of amides is 2. The van der Waals surface area contributed by atoms with Gasteiger partial charge in [-0.15, -0.1) is 0 Å². The van der Waals surface area contributed by atoms with Crippen LogP contribution in [-0.4, -0.2) is 36.4 Å². The first-order valence-electron chi connectivity index (χ1n) is 7.03. The summed E-state index contributed by atoms with van der Waals surface area (Å²) in [7, 11) is 0. The molecular weight excluding hydrogens is 292 g/mol. The van der Waals surface area contributed by atoms with Crippen molar-refractivity contribution in [2.75, 3.05) is 13.2 Å². The Morgan fingerprint density at radius 3 is 2.86 bits per heavy atom. The Kier molecular flexibility index (Phi) is 5.08. The van der Waals surface area contributed by atoms with Gasteiger partial charge in [0.2, 0.25) is 0 Å². The number of hydrogen-bond donors (Lipinski definition) is 3. The maximum absolute atomic E-state index is 11.9. The van der Waals surface area contributed by atoms with E-state index in [4.69, 9.17) is 16.3 Å². The number of urea groups is 1. The zero-order valence-corrected chi connectivity index (χ0v) is 13.0. The molecule has 0 aliphatic carbocycles. The van der Waals surface area contributed by atoms with E-state index in [0.29, 0.717) is 17.2 Å². The fraction of sp³-hybridized carbons (Fsp3) is 0.533. The van der Waals surface area contributed by atoms with Crippen LogP contribution in [0.5, 0.6) is 0 Å². The third-order valence-electron chi connectivity index (χ3n) is 3.74. The lowest BCUT2D eigenvalue weighted by Crippen LogP contribution is -2.48. The van der Waals surface area contributed by atoms with Crippen molar-refractivity contribution in [1.29, 1.82) is 0 Å². The molecule has 0 unspecified atom stereocenters. The standard InChI is InChI=1S/C15H21ClN2O3/c1-10-13(7-8-21-10)18-14(19)17-9-15(2,20)11-5-3-4-6-12(11)16/h3-6,10,13,20H,7-9H2,1-2H3,(H2,17,18,19)/t10-,13+,15+/m0/s1. The molecule has 1 fully saturated rings. The molecule has 3 N–H and O–H groups in total. The number of rotatable bonds is 4. The molecule has 6 heteroatoms. The molecule has 0 saturated carbocycles. The van der Waals surface area contributed by atoms with E-state index < -0.39 is 5.60 Å². The van der Waals surface area contributed by atoms with Crippen molar-refractivity contribution in [2.45, 2.75) is 38.0 Å². The largest absolute Gasteiger partial charge is 0.384 e. The van der Waals surface area contributed by atoms with Gasteiger partial charge in [-0.25, -0.2) is 4.79 Å². The maximum Gasteiger partial charge on any atom is 0.315 e. The highest BCUT2D eigenvalue weighted by atomic mass is 35.5. The molecule has 1 saturated heterocycles. The van der Waals surface area contributed by atoms with E-state index in [1.165, 1.54) is 0 Å². The molecule has 0 spiro atoms. The minimum Gasteiger partial charge on any atom is -0.384 e. The summed E-state index contributed by atoms with van der Waals surface area (Å²) in [6, 6.07) is 6.74. The molecule has 1 heterocycles. The number of hydrogen-bond acceptors (Lipinski definition) is 3. The third-order valence-corrected chi connectivity index (χ3v) is 4.07. The molecule has 21 heavy (non-hydrogen) atoms. The number of benzene rings is 1. The van der Waals surface area contributed by atoms with E-state index in [1.54, 1.807) is 31.2 Å². The van der Waals surface area contributed by atoms with Gasteiger partial charge in [0, 0.05) is 17.2 Å². The monoisotopic (exact) mass is 312 g/mol. The minimum atomic E-state index is -1.23. The van der Waals surface area contributed by atoms with Gasteiger partial charge < -0.3 is 20.5 Å². The Morgan fingerprint density at radius 1 is 1.52 bits per heavy atom. The Hall–Kier alpha value is -1.30. The summed E-state index contributed by atoms with van der Waals surface area (Å²) in [4.78, 5) is 11.9. The van der Waals surface area contributed by atoms with Crippen molar-refractivity contribution in [2.24, 2.45) is 0 Å². The number of aliphatic hydroxyl groups is 1. The highest BCUT2D eigenvalue weighted by Gasteiger charge is 2.28. The van der Waals surface area contributed by atoms with Gasteiger partial charge in [0.1, 0.15) is 5.60 Å². The summed E-state index contributed by atoms with van der Waals surface area (Å²) in [5, 5.41) is 16.5. The van der Waals surface area contributed by atoms with Crippen LogP contribution in [0.3, 0.4) is 0 Å². The summed E-state index contributed by atoms with van der Waals surface area (Å²) in [5.74, 6) is 0.